The number of carbonyl (C=O) groups is 1. The molecule has 5 nitrogen and oxygen atoms in total. The molecule has 1 saturated heterocycles. The van der Waals surface area contributed by atoms with Crippen LogP contribution in [-0.4, -0.2) is 33.7 Å². The topological polar surface area (TPSA) is 67.1 Å². The third-order valence-corrected chi connectivity index (χ3v) is 4.69. The Balaban J connectivity index is 2.13. The van der Waals surface area contributed by atoms with Crippen LogP contribution in [-0.2, 0) is 0 Å². The van der Waals surface area contributed by atoms with E-state index in [0.29, 0.717) is 11.5 Å². The largest absolute Gasteiger partial charge is 0.478 e. The number of rotatable bonds is 3. The van der Waals surface area contributed by atoms with Gasteiger partial charge in [0, 0.05) is 23.3 Å². The van der Waals surface area contributed by atoms with E-state index >= 15 is 0 Å². The summed E-state index contributed by atoms with van der Waals surface area (Å²) in [7, 11) is 0. The normalized spacial score (nSPS) is 18.0. The minimum absolute atomic E-state index is 0.262. The van der Waals surface area contributed by atoms with Gasteiger partial charge in [-0.25, -0.2) is 9.78 Å². The summed E-state index contributed by atoms with van der Waals surface area (Å²) in [5, 5.41) is 13.6. The van der Waals surface area contributed by atoms with Gasteiger partial charge in [-0.1, -0.05) is 0 Å². The molecule has 2 aromatic rings. The highest BCUT2D eigenvalue weighted by Gasteiger charge is 2.27. The van der Waals surface area contributed by atoms with E-state index in [4.69, 9.17) is 0 Å². The van der Waals surface area contributed by atoms with E-state index in [1.807, 2.05) is 13.0 Å². The van der Waals surface area contributed by atoms with Crippen LogP contribution in [0.25, 0.3) is 11.0 Å². The standard InChI is InChI=1S/C16H21N3O2/c1-10(12-5-8-17-9-6-12)19-11(2)14(16(20)21)13-4-3-7-18-15(13)19/h3-4,7,10,12,17H,5-6,8-9H2,1-2H3,(H,20,21)/t10-/m1/s1. The van der Waals surface area contributed by atoms with Crippen molar-refractivity contribution in [1.82, 2.24) is 14.9 Å². The number of hydrogen-bond acceptors (Lipinski definition) is 3. The zero-order valence-electron chi connectivity index (χ0n) is 12.5. The number of aromatic nitrogens is 2. The maximum Gasteiger partial charge on any atom is 0.338 e. The maximum atomic E-state index is 11.6. The molecule has 5 heteroatoms. The van der Waals surface area contributed by atoms with Crippen molar-refractivity contribution >= 4 is 17.0 Å². The molecule has 0 radical (unpaired) electrons. The molecule has 1 atom stereocenters. The van der Waals surface area contributed by atoms with Gasteiger partial charge in [0.15, 0.2) is 0 Å². The summed E-state index contributed by atoms with van der Waals surface area (Å²) in [6.07, 6.45) is 3.98. The molecule has 0 aliphatic carbocycles. The van der Waals surface area contributed by atoms with Gasteiger partial charge in [-0.05, 0) is 57.8 Å². The van der Waals surface area contributed by atoms with Crippen LogP contribution in [0.4, 0.5) is 0 Å². The maximum absolute atomic E-state index is 11.6. The fourth-order valence-electron chi connectivity index (χ4n) is 3.56. The van der Waals surface area contributed by atoms with Crippen LogP contribution in [0.1, 0.15) is 41.9 Å². The quantitative estimate of drug-likeness (QED) is 0.910. The fraction of sp³-hybridized carbons (Fsp3) is 0.500. The Morgan fingerprint density at radius 1 is 1.48 bits per heavy atom. The van der Waals surface area contributed by atoms with Crippen LogP contribution in [0.5, 0.6) is 0 Å². The minimum atomic E-state index is -0.873. The second-order valence-corrected chi connectivity index (χ2v) is 5.84. The first-order valence-electron chi connectivity index (χ1n) is 7.50. The van der Waals surface area contributed by atoms with Gasteiger partial charge in [0.2, 0.25) is 0 Å². The Kier molecular flexibility index (Phi) is 3.68. The lowest BCUT2D eigenvalue weighted by molar-refractivity contribution is 0.0697. The van der Waals surface area contributed by atoms with Crippen molar-refractivity contribution in [2.45, 2.75) is 32.7 Å². The lowest BCUT2D eigenvalue weighted by Gasteiger charge is -2.30. The average molecular weight is 287 g/mol. The third-order valence-electron chi connectivity index (χ3n) is 4.69. The summed E-state index contributed by atoms with van der Waals surface area (Å²) < 4.78 is 2.12. The molecule has 1 aliphatic heterocycles. The van der Waals surface area contributed by atoms with E-state index in [9.17, 15) is 9.90 Å². The summed E-state index contributed by atoms with van der Waals surface area (Å²) in [5.41, 5.74) is 1.99. The third kappa shape index (κ3) is 2.31. The van der Waals surface area contributed by atoms with Gasteiger partial charge in [-0.15, -0.1) is 0 Å². The molecule has 0 unspecified atom stereocenters. The van der Waals surface area contributed by atoms with E-state index < -0.39 is 5.97 Å². The number of aromatic carboxylic acids is 1. The monoisotopic (exact) mass is 287 g/mol. The van der Waals surface area contributed by atoms with E-state index in [1.165, 1.54) is 0 Å². The fourth-order valence-corrected chi connectivity index (χ4v) is 3.56. The first kappa shape index (κ1) is 14.1. The average Bonchev–Trinajstić information content (AvgIpc) is 2.79. The molecule has 3 rings (SSSR count). The van der Waals surface area contributed by atoms with Crippen molar-refractivity contribution in [3.8, 4) is 0 Å². The zero-order valence-corrected chi connectivity index (χ0v) is 12.5. The van der Waals surface area contributed by atoms with Crippen LogP contribution >= 0.6 is 0 Å². The Bertz CT molecular complexity index is 671. The van der Waals surface area contributed by atoms with Crippen molar-refractivity contribution in [3.05, 3.63) is 29.6 Å². The Morgan fingerprint density at radius 3 is 2.86 bits per heavy atom. The highest BCUT2D eigenvalue weighted by Crippen LogP contribution is 2.33. The number of hydrogen-bond donors (Lipinski definition) is 2. The van der Waals surface area contributed by atoms with Gasteiger partial charge in [0.05, 0.1) is 5.56 Å². The van der Waals surface area contributed by atoms with Crippen molar-refractivity contribution < 1.29 is 9.90 Å². The van der Waals surface area contributed by atoms with Crippen LogP contribution < -0.4 is 5.32 Å². The predicted molar refractivity (Wildman–Crippen MR) is 81.7 cm³/mol. The molecule has 0 aromatic carbocycles. The van der Waals surface area contributed by atoms with Crippen LogP contribution in [0.2, 0.25) is 0 Å². The van der Waals surface area contributed by atoms with Gasteiger partial charge in [0.1, 0.15) is 5.65 Å². The summed E-state index contributed by atoms with van der Waals surface area (Å²) in [4.78, 5) is 16.0. The summed E-state index contributed by atoms with van der Waals surface area (Å²) in [6, 6.07) is 3.91. The number of carboxylic acid groups (broad SMARTS) is 1. The van der Waals surface area contributed by atoms with Crippen LogP contribution in [0.15, 0.2) is 18.3 Å². The molecule has 112 valence electrons. The molecule has 0 bridgehead atoms. The van der Waals surface area contributed by atoms with Crippen molar-refractivity contribution in [2.75, 3.05) is 13.1 Å². The summed E-state index contributed by atoms with van der Waals surface area (Å²) in [6.45, 7) is 6.14. The molecule has 0 amide bonds. The SMILES string of the molecule is Cc1c(C(=O)O)c2cccnc2n1[C@H](C)C1CCNCC1. The number of nitrogens with zero attached hydrogens (tertiary/aromatic N) is 2. The molecule has 0 saturated carbocycles. The second kappa shape index (κ2) is 5.48. The minimum Gasteiger partial charge on any atom is -0.478 e. The van der Waals surface area contributed by atoms with Crippen molar-refractivity contribution in [2.24, 2.45) is 5.92 Å². The molecule has 2 N–H and O–H groups in total. The first-order chi connectivity index (χ1) is 10.1. The van der Waals surface area contributed by atoms with Crippen LogP contribution in [0.3, 0.4) is 0 Å². The van der Waals surface area contributed by atoms with E-state index in [1.54, 1.807) is 12.3 Å². The molecule has 1 fully saturated rings. The Labute approximate surface area is 124 Å². The van der Waals surface area contributed by atoms with E-state index in [-0.39, 0.29) is 6.04 Å². The smallest absolute Gasteiger partial charge is 0.338 e. The second-order valence-electron chi connectivity index (χ2n) is 5.84. The number of pyridine rings is 1. The van der Waals surface area contributed by atoms with Gasteiger partial charge >= 0.3 is 5.97 Å². The van der Waals surface area contributed by atoms with E-state index in [0.717, 1.165) is 42.7 Å². The lowest BCUT2D eigenvalue weighted by Crippen LogP contribution is -2.32. The molecule has 0 spiro atoms. The molecule has 3 heterocycles. The summed E-state index contributed by atoms with van der Waals surface area (Å²) in [5.74, 6) is -0.314. The van der Waals surface area contributed by atoms with E-state index in [2.05, 4.69) is 21.8 Å². The molecule has 21 heavy (non-hydrogen) atoms. The van der Waals surface area contributed by atoms with Gasteiger partial charge in [-0.3, -0.25) is 0 Å². The van der Waals surface area contributed by atoms with Gasteiger partial charge in [0.25, 0.3) is 0 Å². The van der Waals surface area contributed by atoms with Crippen molar-refractivity contribution in [3.63, 3.8) is 0 Å². The lowest BCUT2D eigenvalue weighted by atomic mass is 9.91. The number of fused-ring (bicyclic) bond motifs is 1. The number of piperidine rings is 1. The Morgan fingerprint density at radius 2 is 2.19 bits per heavy atom. The summed E-state index contributed by atoms with van der Waals surface area (Å²) >= 11 is 0. The van der Waals surface area contributed by atoms with Crippen molar-refractivity contribution in [1.29, 1.82) is 0 Å². The number of nitrogens with one attached hydrogen (secondary N) is 1. The van der Waals surface area contributed by atoms with Crippen LogP contribution in [0, 0.1) is 12.8 Å². The first-order valence-corrected chi connectivity index (χ1v) is 7.50. The molecule has 2 aromatic heterocycles. The molecule has 1 aliphatic rings. The Hall–Kier alpha value is -1.88. The van der Waals surface area contributed by atoms with Gasteiger partial charge < -0.3 is 15.0 Å². The predicted octanol–water partition coefficient (Wildman–Crippen LogP) is 2.60. The molecular formula is C16H21N3O2. The highest BCUT2D eigenvalue weighted by molar-refractivity contribution is 6.04. The van der Waals surface area contributed by atoms with Gasteiger partial charge in [-0.2, -0.15) is 0 Å². The highest BCUT2D eigenvalue weighted by atomic mass is 16.4. The molecular weight excluding hydrogens is 266 g/mol. The number of carboxylic acids is 1. The zero-order chi connectivity index (χ0) is 15.0.